The Morgan fingerprint density at radius 1 is 1.53 bits per heavy atom. The molecule has 0 atom stereocenters. The first-order chi connectivity index (χ1) is 7.13. The summed E-state index contributed by atoms with van der Waals surface area (Å²) in [6.07, 6.45) is 0.651. The Labute approximate surface area is 97.6 Å². The van der Waals surface area contributed by atoms with E-state index in [1.807, 2.05) is 18.2 Å². The van der Waals surface area contributed by atoms with Crippen molar-refractivity contribution in [3.8, 4) is 5.75 Å². The monoisotopic (exact) mass is 271 g/mol. The molecule has 82 valence electrons. The van der Waals surface area contributed by atoms with Crippen molar-refractivity contribution in [3.05, 3.63) is 28.2 Å². The van der Waals surface area contributed by atoms with E-state index >= 15 is 0 Å². The van der Waals surface area contributed by atoms with Gasteiger partial charge in [-0.2, -0.15) is 0 Å². The van der Waals surface area contributed by atoms with Crippen molar-refractivity contribution in [3.63, 3.8) is 0 Å². The summed E-state index contributed by atoms with van der Waals surface area (Å²) in [7, 11) is 1.65. The molecule has 1 aliphatic rings. The van der Waals surface area contributed by atoms with E-state index < -0.39 is 5.60 Å². The molecule has 2 N–H and O–H groups in total. The Balaban J connectivity index is 2.19. The van der Waals surface area contributed by atoms with E-state index in [2.05, 4.69) is 21.2 Å². The largest absolute Gasteiger partial charge is 0.497 e. The minimum Gasteiger partial charge on any atom is -0.497 e. The number of nitrogens with one attached hydrogen (secondary N) is 1. The van der Waals surface area contributed by atoms with Crippen LogP contribution >= 0.6 is 15.9 Å². The zero-order valence-corrected chi connectivity index (χ0v) is 10.2. The fourth-order valence-corrected chi connectivity index (χ4v) is 2.09. The third-order valence-corrected chi connectivity index (χ3v) is 3.45. The van der Waals surface area contributed by atoms with Crippen molar-refractivity contribution in [1.29, 1.82) is 0 Å². The van der Waals surface area contributed by atoms with Gasteiger partial charge in [-0.15, -0.1) is 0 Å². The molecule has 15 heavy (non-hydrogen) atoms. The van der Waals surface area contributed by atoms with Gasteiger partial charge in [0.05, 0.1) is 12.7 Å². The maximum atomic E-state index is 10.0. The fourth-order valence-electron chi connectivity index (χ4n) is 1.71. The molecule has 1 fully saturated rings. The van der Waals surface area contributed by atoms with Gasteiger partial charge >= 0.3 is 0 Å². The Hall–Kier alpha value is -0.580. The summed E-state index contributed by atoms with van der Waals surface area (Å²) in [5.74, 6) is 0.823. The van der Waals surface area contributed by atoms with Crippen LogP contribution < -0.4 is 10.1 Å². The van der Waals surface area contributed by atoms with E-state index in [4.69, 9.17) is 4.74 Å². The molecule has 2 rings (SSSR count). The predicted molar refractivity (Wildman–Crippen MR) is 62.2 cm³/mol. The SMILES string of the molecule is COc1ccc(Br)c(CC2(O)CNC2)c1. The summed E-state index contributed by atoms with van der Waals surface area (Å²) < 4.78 is 6.18. The Morgan fingerprint density at radius 2 is 2.27 bits per heavy atom. The lowest BCUT2D eigenvalue weighted by Crippen LogP contribution is -2.60. The van der Waals surface area contributed by atoms with Gasteiger partial charge in [0.2, 0.25) is 0 Å². The van der Waals surface area contributed by atoms with E-state index in [1.54, 1.807) is 7.11 Å². The molecule has 1 aromatic rings. The molecule has 1 heterocycles. The van der Waals surface area contributed by atoms with E-state index in [0.717, 1.165) is 15.8 Å². The van der Waals surface area contributed by atoms with Crippen LogP contribution in [0, 0.1) is 0 Å². The molecule has 0 amide bonds. The highest BCUT2D eigenvalue weighted by molar-refractivity contribution is 9.10. The van der Waals surface area contributed by atoms with Crippen LogP contribution in [-0.2, 0) is 6.42 Å². The van der Waals surface area contributed by atoms with E-state index in [9.17, 15) is 5.11 Å². The normalized spacial score (nSPS) is 18.3. The standard InChI is InChI=1S/C11H14BrNO2/c1-15-9-2-3-10(12)8(4-9)5-11(14)6-13-7-11/h2-4,13-14H,5-7H2,1H3. The number of hydrogen-bond acceptors (Lipinski definition) is 3. The van der Waals surface area contributed by atoms with Crippen molar-refractivity contribution in [2.24, 2.45) is 0 Å². The number of benzene rings is 1. The second kappa shape index (κ2) is 4.12. The molecule has 0 bridgehead atoms. The summed E-state index contributed by atoms with van der Waals surface area (Å²) in [6.45, 7) is 1.33. The minimum absolute atomic E-state index is 0.588. The molecule has 1 aliphatic heterocycles. The van der Waals surface area contributed by atoms with Gasteiger partial charge in [-0.1, -0.05) is 15.9 Å². The van der Waals surface area contributed by atoms with Crippen LogP contribution in [0.2, 0.25) is 0 Å². The molecule has 0 saturated carbocycles. The minimum atomic E-state index is -0.588. The Kier molecular flexibility index (Phi) is 3.00. The second-order valence-corrected chi connectivity index (χ2v) is 4.82. The van der Waals surface area contributed by atoms with Gasteiger partial charge in [-0.05, 0) is 23.8 Å². The number of rotatable bonds is 3. The highest BCUT2D eigenvalue weighted by Crippen LogP contribution is 2.27. The molecular formula is C11H14BrNO2. The first kappa shape index (κ1) is 10.9. The smallest absolute Gasteiger partial charge is 0.119 e. The molecule has 0 aromatic heterocycles. The highest BCUT2D eigenvalue weighted by atomic mass is 79.9. The molecule has 0 unspecified atom stereocenters. The molecule has 4 heteroatoms. The van der Waals surface area contributed by atoms with Crippen molar-refractivity contribution >= 4 is 15.9 Å². The third kappa shape index (κ3) is 2.33. The quantitative estimate of drug-likeness (QED) is 0.872. The lowest BCUT2D eigenvalue weighted by atomic mass is 9.89. The fraction of sp³-hybridized carbons (Fsp3) is 0.455. The van der Waals surface area contributed by atoms with Gasteiger partial charge in [0.15, 0.2) is 0 Å². The van der Waals surface area contributed by atoms with Crippen molar-refractivity contribution < 1.29 is 9.84 Å². The molecule has 0 aliphatic carbocycles. The van der Waals surface area contributed by atoms with E-state index in [-0.39, 0.29) is 0 Å². The number of ether oxygens (including phenoxy) is 1. The predicted octanol–water partition coefficient (Wildman–Crippen LogP) is 1.33. The van der Waals surface area contributed by atoms with Crippen LogP contribution in [0.4, 0.5) is 0 Å². The summed E-state index contributed by atoms with van der Waals surface area (Å²) in [5, 5.41) is 13.1. The summed E-state index contributed by atoms with van der Waals surface area (Å²) >= 11 is 3.48. The van der Waals surface area contributed by atoms with Gasteiger partial charge < -0.3 is 15.2 Å². The lowest BCUT2D eigenvalue weighted by molar-refractivity contribution is -0.00917. The number of hydrogen-bond donors (Lipinski definition) is 2. The van der Waals surface area contributed by atoms with Gasteiger partial charge in [0, 0.05) is 24.0 Å². The number of halogens is 1. The summed E-state index contributed by atoms with van der Waals surface area (Å²) in [5.41, 5.74) is 0.493. The maximum Gasteiger partial charge on any atom is 0.119 e. The first-order valence-electron chi connectivity index (χ1n) is 4.88. The summed E-state index contributed by atoms with van der Waals surface area (Å²) in [6, 6.07) is 5.81. The van der Waals surface area contributed by atoms with Crippen LogP contribution in [0.25, 0.3) is 0 Å². The third-order valence-electron chi connectivity index (χ3n) is 2.68. The van der Waals surface area contributed by atoms with Gasteiger partial charge in [0.1, 0.15) is 5.75 Å². The zero-order valence-electron chi connectivity index (χ0n) is 8.59. The number of β-amino-alcohol motifs (C(OH)–C–C–N with tert-alkyl or cyclic N) is 1. The molecular weight excluding hydrogens is 258 g/mol. The number of aliphatic hydroxyl groups is 1. The van der Waals surface area contributed by atoms with Gasteiger partial charge in [-0.3, -0.25) is 0 Å². The maximum absolute atomic E-state index is 10.0. The van der Waals surface area contributed by atoms with E-state index in [0.29, 0.717) is 19.5 Å². The van der Waals surface area contributed by atoms with Crippen LogP contribution in [-0.4, -0.2) is 30.9 Å². The van der Waals surface area contributed by atoms with Crippen LogP contribution in [0.3, 0.4) is 0 Å². The van der Waals surface area contributed by atoms with Crippen LogP contribution in [0.5, 0.6) is 5.75 Å². The van der Waals surface area contributed by atoms with Gasteiger partial charge in [0.25, 0.3) is 0 Å². The molecule has 3 nitrogen and oxygen atoms in total. The summed E-state index contributed by atoms with van der Waals surface area (Å²) in [4.78, 5) is 0. The zero-order chi connectivity index (χ0) is 10.9. The average Bonchev–Trinajstić information content (AvgIpc) is 2.19. The molecule has 0 radical (unpaired) electrons. The molecule has 1 saturated heterocycles. The number of methoxy groups -OCH3 is 1. The van der Waals surface area contributed by atoms with Crippen molar-refractivity contribution in [1.82, 2.24) is 5.32 Å². The second-order valence-electron chi connectivity index (χ2n) is 3.96. The molecule has 0 spiro atoms. The van der Waals surface area contributed by atoms with Crippen molar-refractivity contribution in [2.45, 2.75) is 12.0 Å². The van der Waals surface area contributed by atoms with Crippen molar-refractivity contribution in [2.75, 3.05) is 20.2 Å². The average molecular weight is 272 g/mol. The van der Waals surface area contributed by atoms with E-state index in [1.165, 1.54) is 0 Å². The van der Waals surface area contributed by atoms with Crippen LogP contribution in [0.1, 0.15) is 5.56 Å². The Morgan fingerprint density at radius 3 is 2.80 bits per heavy atom. The van der Waals surface area contributed by atoms with Gasteiger partial charge in [-0.25, -0.2) is 0 Å². The Bertz CT molecular complexity index is 364. The highest BCUT2D eigenvalue weighted by Gasteiger charge is 2.34. The first-order valence-corrected chi connectivity index (χ1v) is 5.68. The lowest BCUT2D eigenvalue weighted by Gasteiger charge is -2.38. The molecule has 1 aromatic carbocycles. The topological polar surface area (TPSA) is 41.5 Å². The van der Waals surface area contributed by atoms with Crippen LogP contribution in [0.15, 0.2) is 22.7 Å².